The summed E-state index contributed by atoms with van der Waals surface area (Å²) in [4.78, 5) is 0. The molecule has 0 atom stereocenters. The van der Waals surface area contributed by atoms with E-state index in [1.54, 1.807) is 0 Å². The molecule has 2 nitrogen and oxygen atoms in total. The fourth-order valence-electron chi connectivity index (χ4n) is 2.40. The van der Waals surface area contributed by atoms with Crippen molar-refractivity contribution in [2.45, 2.75) is 32.6 Å². The zero-order chi connectivity index (χ0) is 14.4. The standard InChI is InChI=1S/C18H22N2.ClH/c1-2-3-4-7-14-10-12-15(13-11-14)16-8-5-6-9-17(16)18(19)20;/h5-6,8-13H,2-4,7H2,1H3,(H3,19,20);1H. The summed E-state index contributed by atoms with van der Waals surface area (Å²) in [6.45, 7) is 2.22. The molecule has 112 valence electrons. The molecule has 2 aromatic rings. The van der Waals surface area contributed by atoms with Crippen molar-refractivity contribution in [2.75, 3.05) is 0 Å². The number of nitrogen functional groups attached to an aromatic ring is 1. The summed E-state index contributed by atoms with van der Waals surface area (Å²) in [5.41, 5.74) is 9.97. The highest BCUT2D eigenvalue weighted by atomic mass is 35.5. The lowest BCUT2D eigenvalue weighted by Crippen LogP contribution is -2.12. The smallest absolute Gasteiger partial charge is 0.123 e. The van der Waals surface area contributed by atoms with Crippen molar-refractivity contribution in [1.29, 1.82) is 5.41 Å². The van der Waals surface area contributed by atoms with E-state index in [1.165, 1.54) is 24.8 Å². The summed E-state index contributed by atoms with van der Waals surface area (Å²) in [5, 5.41) is 7.66. The number of amidine groups is 1. The maximum Gasteiger partial charge on any atom is 0.123 e. The van der Waals surface area contributed by atoms with Crippen molar-refractivity contribution in [2.24, 2.45) is 5.73 Å². The third-order valence-corrected chi connectivity index (χ3v) is 3.55. The third kappa shape index (κ3) is 4.61. The quantitative estimate of drug-likeness (QED) is 0.450. The van der Waals surface area contributed by atoms with Gasteiger partial charge in [0, 0.05) is 5.56 Å². The van der Waals surface area contributed by atoms with Crippen LogP contribution in [0.4, 0.5) is 0 Å². The summed E-state index contributed by atoms with van der Waals surface area (Å²) in [6, 6.07) is 16.4. The SMILES string of the molecule is CCCCCc1ccc(-c2ccccc2C(=N)N)cc1.Cl. The molecule has 2 rings (SSSR count). The minimum absolute atomic E-state index is 0. The van der Waals surface area contributed by atoms with Gasteiger partial charge in [-0.15, -0.1) is 12.4 Å². The molecule has 0 spiro atoms. The van der Waals surface area contributed by atoms with E-state index in [2.05, 4.69) is 31.2 Å². The largest absolute Gasteiger partial charge is 0.384 e. The molecule has 0 radical (unpaired) electrons. The maximum atomic E-state index is 7.66. The van der Waals surface area contributed by atoms with Gasteiger partial charge in [-0.1, -0.05) is 68.3 Å². The Balaban J connectivity index is 0.00000220. The number of benzene rings is 2. The first kappa shape index (κ1) is 17.3. The van der Waals surface area contributed by atoms with Crippen LogP contribution in [0.2, 0.25) is 0 Å². The highest BCUT2D eigenvalue weighted by Gasteiger charge is 2.06. The molecule has 0 fully saturated rings. The van der Waals surface area contributed by atoms with E-state index in [0.717, 1.165) is 23.1 Å². The number of nitrogens with two attached hydrogens (primary N) is 1. The van der Waals surface area contributed by atoms with Crippen LogP contribution in [0.15, 0.2) is 48.5 Å². The highest BCUT2D eigenvalue weighted by molar-refractivity contribution is 6.01. The summed E-state index contributed by atoms with van der Waals surface area (Å²) >= 11 is 0. The predicted octanol–water partition coefficient (Wildman–Crippen LogP) is 4.79. The van der Waals surface area contributed by atoms with Gasteiger partial charge in [0.25, 0.3) is 0 Å². The van der Waals surface area contributed by atoms with Crippen molar-refractivity contribution >= 4 is 18.2 Å². The molecule has 0 aliphatic heterocycles. The zero-order valence-electron chi connectivity index (χ0n) is 12.4. The molecule has 0 heterocycles. The van der Waals surface area contributed by atoms with E-state index in [9.17, 15) is 0 Å². The number of rotatable bonds is 6. The van der Waals surface area contributed by atoms with E-state index in [1.807, 2.05) is 24.3 Å². The van der Waals surface area contributed by atoms with Gasteiger partial charge in [-0.2, -0.15) is 0 Å². The van der Waals surface area contributed by atoms with Gasteiger partial charge in [-0.3, -0.25) is 5.41 Å². The fourth-order valence-corrected chi connectivity index (χ4v) is 2.40. The number of unbranched alkanes of at least 4 members (excludes halogenated alkanes) is 2. The van der Waals surface area contributed by atoms with E-state index in [-0.39, 0.29) is 18.2 Å². The predicted molar refractivity (Wildman–Crippen MR) is 93.4 cm³/mol. The third-order valence-electron chi connectivity index (χ3n) is 3.55. The number of hydrogen-bond donors (Lipinski definition) is 2. The molecule has 2 aromatic carbocycles. The number of nitrogens with one attached hydrogen (secondary N) is 1. The molecule has 0 saturated heterocycles. The van der Waals surface area contributed by atoms with Crippen molar-refractivity contribution in [3.8, 4) is 11.1 Å². The van der Waals surface area contributed by atoms with Crippen LogP contribution in [0.1, 0.15) is 37.3 Å². The molecular weight excluding hydrogens is 280 g/mol. The normalized spacial score (nSPS) is 9.95. The second kappa shape index (κ2) is 8.48. The molecule has 0 aliphatic carbocycles. The van der Waals surface area contributed by atoms with Crippen LogP contribution in [0, 0.1) is 5.41 Å². The van der Waals surface area contributed by atoms with Crippen LogP contribution < -0.4 is 5.73 Å². The van der Waals surface area contributed by atoms with Crippen LogP contribution in [-0.4, -0.2) is 5.84 Å². The van der Waals surface area contributed by atoms with Crippen LogP contribution in [0.3, 0.4) is 0 Å². The Hall–Kier alpha value is -1.80. The van der Waals surface area contributed by atoms with Gasteiger partial charge in [0.15, 0.2) is 0 Å². The molecule has 3 N–H and O–H groups in total. The Morgan fingerprint density at radius 3 is 2.29 bits per heavy atom. The van der Waals surface area contributed by atoms with Gasteiger partial charge in [0.1, 0.15) is 5.84 Å². The topological polar surface area (TPSA) is 49.9 Å². The van der Waals surface area contributed by atoms with Crippen molar-refractivity contribution in [3.05, 3.63) is 59.7 Å². The summed E-state index contributed by atoms with van der Waals surface area (Å²) in [5.74, 6) is 0.118. The summed E-state index contributed by atoms with van der Waals surface area (Å²) in [6.07, 6.45) is 4.93. The number of hydrogen-bond acceptors (Lipinski definition) is 1. The van der Waals surface area contributed by atoms with Crippen LogP contribution in [-0.2, 0) is 6.42 Å². The van der Waals surface area contributed by atoms with Crippen molar-refractivity contribution in [1.82, 2.24) is 0 Å². The molecule has 0 saturated carbocycles. The highest BCUT2D eigenvalue weighted by Crippen LogP contribution is 2.24. The second-order valence-corrected chi connectivity index (χ2v) is 5.11. The van der Waals surface area contributed by atoms with Gasteiger partial charge in [0.05, 0.1) is 0 Å². The van der Waals surface area contributed by atoms with Crippen LogP contribution >= 0.6 is 12.4 Å². The van der Waals surface area contributed by atoms with E-state index >= 15 is 0 Å². The number of halogens is 1. The van der Waals surface area contributed by atoms with Crippen LogP contribution in [0.5, 0.6) is 0 Å². The lowest BCUT2D eigenvalue weighted by atomic mass is 9.97. The molecule has 0 bridgehead atoms. The Kier molecular flexibility index (Phi) is 6.97. The first-order valence-corrected chi connectivity index (χ1v) is 7.25. The lowest BCUT2D eigenvalue weighted by Gasteiger charge is -2.09. The Morgan fingerprint density at radius 2 is 1.67 bits per heavy atom. The molecule has 0 amide bonds. The Morgan fingerprint density at radius 1 is 1.00 bits per heavy atom. The molecule has 3 heteroatoms. The number of aryl methyl sites for hydroxylation is 1. The molecule has 21 heavy (non-hydrogen) atoms. The zero-order valence-corrected chi connectivity index (χ0v) is 13.2. The maximum absolute atomic E-state index is 7.66. The molecular formula is C18H23ClN2. The van der Waals surface area contributed by atoms with Crippen LogP contribution in [0.25, 0.3) is 11.1 Å². The van der Waals surface area contributed by atoms with E-state index in [0.29, 0.717) is 0 Å². The average molecular weight is 303 g/mol. The Bertz CT molecular complexity index is 576. The van der Waals surface area contributed by atoms with Gasteiger partial charge in [0.2, 0.25) is 0 Å². The lowest BCUT2D eigenvalue weighted by molar-refractivity contribution is 0.717. The molecule has 0 aromatic heterocycles. The first-order valence-electron chi connectivity index (χ1n) is 7.25. The first-order chi connectivity index (χ1) is 9.72. The molecule has 0 unspecified atom stereocenters. The van der Waals surface area contributed by atoms with Crippen molar-refractivity contribution < 1.29 is 0 Å². The average Bonchev–Trinajstić information content (AvgIpc) is 2.48. The fraction of sp³-hybridized carbons (Fsp3) is 0.278. The van der Waals surface area contributed by atoms with Gasteiger partial charge in [-0.25, -0.2) is 0 Å². The second-order valence-electron chi connectivity index (χ2n) is 5.11. The summed E-state index contributed by atoms with van der Waals surface area (Å²) < 4.78 is 0. The minimum Gasteiger partial charge on any atom is -0.384 e. The molecule has 0 aliphatic rings. The monoisotopic (exact) mass is 302 g/mol. The van der Waals surface area contributed by atoms with Gasteiger partial charge < -0.3 is 5.73 Å². The van der Waals surface area contributed by atoms with Gasteiger partial charge in [-0.05, 0) is 29.5 Å². The van der Waals surface area contributed by atoms with E-state index < -0.39 is 0 Å². The van der Waals surface area contributed by atoms with Crippen molar-refractivity contribution in [3.63, 3.8) is 0 Å². The summed E-state index contributed by atoms with van der Waals surface area (Å²) in [7, 11) is 0. The Labute approximate surface area is 133 Å². The van der Waals surface area contributed by atoms with E-state index in [4.69, 9.17) is 11.1 Å². The van der Waals surface area contributed by atoms with Gasteiger partial charge >= 0.3 is 0 Å². The minimum atomic E-state index is 0.